The van der Waals surface area contributed by atoms with Gasteiger partial charge in [0.2, 0.25) is 10.0 Å². The quantitative estimate of drug-likeness (QED) is 0.590. The maximum absolute atomic E-state index is 12.2. The van der Waals surface area contributed by atoms with E-state index < -0.39 is 22.6 Å². The van der Waals surface area contributed by atoms with Crippen molar-refractivity contribution in [3.8, 4) is 5.75 Å². The highest BCUT2D eigenvalue weighted by Crippen LogP contribution is 2.30. The zero-order chi connectivity index (χ0) is 19.3. The molecule has 2 aromatic carbocycles. The molecular formula is C19H18NO6S-. The lowest BCUT2D eigenvalue weighted by molar-refractivity contribution is -0.307. The van der Waals surface area contributed by atoms with Crippen LogP contribution in [0, 0.1) is 0 Å². The number of carboxylic acids is 1. The third kappa shape index (κ3) is 5.08. The summed E-state index contributed by atoms with van der Waals surface area (Å²) in [6, 6.07) is 14.1. The van der Waals surface area contributed by atoms with Crippen LogP contribution in [0.15, 0.2) is 59.2 Å². The molecule has 0 unspecified atom stereocenters. The normalized spacial score (nSPS) is 11.6. The van der Waals surface area contributed by atoms with Crippen molar-refractivity contribution >= 4 is 27.0 Å². The summed E-state index contributed by atoms with van der Waals surface area (Å²) in [5, 5.41) is 11.3. The number of aliphatic carboxylic acids is 1. The number of carbonyl (C=O) groups excluding carboxylic acids is 1. The lowest BCUT2D eigenvalue weighted by Crippen LogP contribution is -2.28. The number of carboxylic acid groups (broad SMARTS) is 1. The minimum Gasteiger partial charge on any atom is -0.546 e. The highest BCUT2D eigenvalue weighted by atomic mass is 32.2. The van der Waals surface area contributed by atoms with Gasteiger partial charge in [-0.15, -0.1) is 0 Å². The van der Waals surface area contributed by atoms with Gasteiger partial charge >= 0.3 is 0 Å². The molecule has 0 saturated heterocycles. The second-order valence-electron chi connectivity index (χ2n) is 5.94. The smallest absolute Gasteiger partial charge is 0.215 e. The summed E-state index contributed by atoms with van der Waals surface area (Å²) in [5.41, 5.74) is 1.93. The van der Waals surface area contributed by atoms with Crippen molar-refractivity contribution in [2.24, 2.45) is 0 Å². The first kappa shape index (κ1) is 18.9. The third-order valence-electron chi connectivity index (χ3n) is 3.91. The van der Waals surface area contributed by atoms with Crippen molar-refractivity contribution in [3.63, 3.8) is 0 Å². The molecule has 0 aliphatic heterocycles. The van der Waals surface area contributed by atoms with E-state index >= 15 is 0 Å². The predicted octanol–water partition coefficient (Wildman–Crippen LogP) is 1.22. The summed E-state index contributed by atoms with van der Waals surface area (Å²) >= 11 is 0. The first-order valence-corrected chi connectivity index (χ1v) is 9.93. The number of furan rings is 1. The summed E-state index contributed by atoms with van der Waals surface area (Å²) < 4.78 is 37.6. The Morgan fingerprint density at radius 2 is 1.89 bits per heavy atom. The fourth-order valence-electron chi connectivity index (χ4n) is 2.71. The second kappa shape index (κ2) is 8.24. The number of rotatable bonds is 9. The first-order valence-electron chi connectivity index (χ1n) is 8.27. The van der Waals surface area contributed by atoms with Crippen molar-refractivity contribution in [3.05, 3.63) is 65.9 Å². The molecule has 0 atom stereocenters. The van der Waals surface area contributed by atoms with E-state index in [1.54, 1.807) is 42.5 Å². The lowest BCUT2D eigenvalue weighted by Gasteiger charge is -2.07. The molecule has 1 heterocycles. The molecule has 0 radical (unpaired) electrons. The lowest BCUT2D eigenvalue weighted by atomic mass is 10.1. The number of carbonyl (C=O) groups is 1. The van der Waals surface area contributed by atoms with Crippen molar-refractivity contribution in [1.29, 1.82) is 0 Å². The molecule has 8 heteroatoms. The van der Waals surface area contributed by atoms with E-state index in [1.165, 1.54) is 6.26 Å². The first-order chi connectivity index (χ1) is 12.9. The van der Waals surface area contributed by atoms with Gasteiger partial charge < -0.3 is 19.1 Å². The van der Waals surface area contributed by atoms with E-state index in [2.05, 4.69) is 4.72 Å². The minimum atomic E-state index is -3.44. The molecule has 0 fully saturated rings. The Hall–Kier alpha value is -2.84. The van der Waals surface area contributed by atoms with Gasteiger partial charge in [-0.25, -0.2) is 13.1 Å². The van der Waals surface area contributed by atoms with Crippen molar-refractivity contribution in [2.45, 2.75) is 12.2 Å². The van der Waals surface area contributed by atoms with Crippen LogP contribution in [0.1, 0.15) is 11.1 Å². The number of benzene rings is 2. The van der Waals surface area contributed by atoms with Crippen LogP contribution in [0.2, 0.25) is 0 Å². The van der Waals surface area contributed by atoms with Crippen LogP contribution in [0.4, 0.5) is 0 Å². The number of sulfonamides is 1. The monoisotopic (exact) mass is 388 g/mol. The average molecular weight is 388 g/mol. The van der Waals surface area contributed by atoms with Gasteiger partial charge in [-0.3, -0.25) is 0 Å². The fourth-order valence-corrected chi connectivity index (χ4v) is 3.86. The van der Waals surface area contributed by atoms with Gasteiger partial charge in [-0.1, -0.05) is 42.5 Å². The third-order valence-corrected chi connectivity index (χ3v) is 5.26. The van der Waals surface area contributed by atoms with E-state index in [-0.39, 0.29) is 12.3 Å². The van der Waals surface area contributed by atoms with Gasteiger partial charge in [-0.05, 0) is 23.6 Å². The molecule has 0 saturated carbocycles. The van der Waals surface area contributed by atoms with Crippen LogP contribution >= 0.6 is 0 Å². The molecule has 1 aromatic heterocycles. The number of nitrogens with one attached hydrogen (secondary N) is 1. The fraction of sp³-hybridized carbons (Fsp3) is 0.211. The molecule has 0 aliphatic carbocycles. The van der Waals surface area contributed by atoms with Crippen LogP contribution in [0.25, 0.3) is 11.0 Å². The Morgan fingerprint density at radius 1 is 1.11 bits per heavy atom. The number of ether oxygens (including phenoxy) is 1. The molecule has 3 rings (SSSR count). The summed E-state index contributed by atoms with van der Waals surface area (Å²) in [6.07, 6.45) is 1.94. The SMILES string of the molecule is O=C([O-])COc1cccc2c(CCNS(=O)(=O)Cc3ccccc3)coc12. The largest absolute Gasteiger partial charge is 0.546 e. The predicted molar refractivity (Wildman–Crippen MR) is 97.5 cm³/mol. The zero-order valence-corrected chi connectivity index (χ0v) is 15.2. The van der Waals surface area contributed by atoms with Gasteiger partial charge in [0.25, 0.3) is 0 Å². The van der Waals surface area contributed by atoms with Crippen molar-refractivity contribution in [1.82, 2.24) is 4.72 Å². The molecule has 0 aliphatic rings. The van der Waals surface area contributed by atoms with E-state index in [4.69, 9.17) is 9.15 Å². The van der Waals surface area contributed by atoms with Crippen LogP contribution in [-0.2, 0) is 27.0 Å². The van der Waals surface area contributed by atoms with Crippen LogP contribution in [0.3, 0.4) is 0 Å². The van der Waals surface area contributed by atoms with Gasteiger partial charge in [0.05, 0.1) is 18.0 Å². The Kier molecular flexibility index (Phi) is 5.78. The zero-order valence-electron chi connectivity index (χ0n) is 14.4. The van der Waals surface area contributed by atoms with Gasteiger partial charge in [0.1, 0.15) is 6.61 Å². The molecule has 27 heavy (non-hydrogen) atoms. The number of para-hydroxylation sites is 1. The van der Waals surface area contributed by atoms with E-state index in [0.29, 0.717) is 23.3 Å². The highest BCUT2D eigenvalue weighted by Gasteiger charge is 2.14. The molecule has 3 aromatic rings. The number of fused-ring (bicyclic) bond motifs is 1. The topological polar surface area (TPSA) is 109 Å². The molecule has 142 valence electrons. The van der Waals surface area contributed by atoms with E-state index in [9.17, 15) is 18.3 Å². The van der Waals surface area contributed by atoms with Gasteiger partial charge in [-0.2, -0.15) is 0 Å². The van der Waals surface area contributed by atoms with Gasteiger partial charge in [0, 0.05) is 11.9 Å². The van der Waals surface area contributed by atoms with Crippen LogP contribution < -0.4 is 14.6 Å². The Bertz CT molecular complexity index is 1030. The number of hydrogen-bond acceptors (Lipinski definition) is 6. The summed E-state index contributed by atoms with van der Waals surface area (Å²) in [4.78, 5) is 10.5. The average Bonchev–Trinajstić information content (AvgIpc) is 3.04. The Morgan fingerprint density at radius 3 is 2.63 bits per heavy atom. The Balaban J connectivity index is 1.63. The summed E-state index contributed by atoms with van der Waals surface area (Å²) in [5.74, 6) is -1.11. The summed E-state index contributed by atoms with van der Waals surface area (Å²) in [6.45, 7) is -0.359. The summed E-state index contributed by atoms with van der Waals surface area (Å²) in [7, 11) is -3.44. The van der Waals surface area contributed by atoms with Crippen LogP contribution in [0.5, 0.6) is 5.75 Å². The van der Waals surface area contributed by atoms with Crippen molar-refractivity contribution < 1.29 is 27.5 Å². The molecule has 7 nitrogen and oxygen atoms in total. The standard InChI is InChI=1S/C19H19NO6S/c21-18(22)12-25-17-8-4-7-16-15(11-26-19(16)17)9-10-20-27(23,24)13-14-5-2-1-3-6-14/h1-8,11,20H,9-10,12-13H2,(H,21,22)/p-1. The number of hydrogen-bond donors (Lipinski definition) is 1. The minimum absolute atomic E-state index is 0.0822. The maximum atomic E-state index is 12.2. The maximum Gasteiger partial charge on any atom is 0.215 e. The molecular weight excluding hydrogens is 370 g/mol. The molecule has 0 spiro atoms. The second-order valence-corrected chi connectivity index (χ2v) is 7.75. The molecule has 0 amide bonds. The molecule has 0 bridgehead atoms. The van der Waals surface area contributed by atoms with Crippen LogP contribution in [-0.4, -0.2) is 27.5 Å². The highest BCUT2D eigenvalue weighted by molar-refractivity contribution is 7.88. The van der Waals surface area contributed by atoms with E-state index in [0.717, 1.165) is 10.9 Å². The Labute approximate surface area is 156 Å². The van der Waals surface area contributed by atoms with E-state index in [1.807, 2.05) is 6.07 Å². The van der Waals surface area contributed by atoms with Crippen molar-refractivity contribution in [2.75, 3.05) is 13.2 Å². The van der Waals surface area contributed by atoms with Gasteiger partial charge in [0.15, 0.2) is 11.3 Å². The molecule has 1 N–H and O–H groups in total.